The summed E-state index contributed by atoms with van der Waals surface area (Å²) in [5.74, 6) is 0. The van der Waals surface area contributed by atoms with Crippen LogP contribution in [0.15, 0.2) is 36.8 Å². The van der Waals surface area contributed by atoms with E-state index in [0.29, 0.717) is 10.8 Å². The summed E-state index contributed by atoms with van der Waals surface area (Å²) >= 11 is 6.11. The Morgan fingerprint density at radius 2 is 2.22 bits per heavy atom. The normalized spacial score (nSPS) is 10.8. The molecule has 0 saturated heterocycles. The zero-order valence-corrected chi connectivity index (χ0v) is 10.4. The Hall–Kier alpha value is -2.14. The molecule has 0 unspecified atom stereocenters. The van der Waals surface area contributed by atoms with Crippen molar-refractivity contribution in [3.05, 3.63) is 47.5 Å². The van der Waals surface area contributed by atoms with Crippen LogP contribution in [0, 0.1) is 6.92 Å². The summed E-state index contributed by atoms with van der Waals surface area (Å²) in [6, 6.07) is 8.08. The molecule has 2 heterocycles. The first kappa shape index (κ1) is 11.0. The Morgan fingerprint density at radius 3 is 2.94 bits per heavy atom. The van der Waals surface area contributed by atoms with Crippen molar-refractivity contribution >= 4 is 11.6 Å². The summed E-state index contributed by atoms with van der Waals surface area (Å²) in [4.78, 5) is 4.13. The fourth-order valence-corrected chi connectivity index (χ4v) is 2.08. The van der Waals surface area contributed by atoms with Crippen molar-refractivity contribution in [2.24, 2.45) is 0 Å². The second-order valence-corrected chi connectivity index (χ2v) is 4.31. The van der Waals surface area contributed by atoms with E-state index in [2.05, 4.69) is 26.5 Å². The van der Waals surface area contributed by atoms with Gasteiger partial charge in [-0.3, -0.25) is 4.57 Å². The van der Waals surface area contributed by atoms with Gasteiger partial charge in [0, 0.05) is 5.69 Å². The maximum atomic E-state index is 6.11. The number of hydrogen-bond acceptors (Lipinski definition) is 3. The van der Waals surface area contributed by atoms with Crippen molar-refractivity contribution in [3.8, 4) is 17.1 Å². The van der Waals surface area contributed by atoms with Gasteiger partial charge in [0.25, 0.3) is 0 Å². The highest BCUT2D eigenvalue weighted by Gasteiger charge is 2.15. The lowest BCUT2D eigenvalue weighted by Gasteiger charge is -2.07. The van der Waals surface area contributed by atoms with Crippen LogP contribution in [0.1, 0.15) is 5.56 Å². The number of aryl methyl sites for hydroxylation is 1. The van der Waals surface area contributed by atoms with Crippen LogP contribution in [-0.4, -0.2) is 25.0 Å². The lowest BCUT2D eigenvalue weighted by Crippen LogP contribution is -1.96. The van der Waals surface area contributed by atoms with Gasteiger partial charge in [-0.1, -0.05) is 23.7 Å². The zero-order valence-electron chi connectivity index (χ0n) is 9.63. The molecule has 0 atom stereocenters. The number of nitrogens with one attached hydrogen (secondary N) is 1. The van der Waals surface area contributed by atoms with Gasteiger partial charge in [-0.15, -0.1) is 0 Å². The average molecular weight is 260 g/mol. The van der Waals surface area contributed by atoms with Crippen molar-refractivity contribution < 1.29 is 0 Å². The minimum atomic E-state index is 0.408. The van der Waals surface area contributed by atoms with E-state index in [9.17, 15) is 0 Å². The molecule has 3 rings (SSSR count). The minimum absolute atomic E-state index is 0.408. The Bertz CT molecular complexity index is 672. The number of hydrogen-bond donors (Lipinski definition) is 1. The van der Waals surface area contributed by atoms with E-state index < -0.39 is 0 Å². The van der Waals surface area contributed by atoms with E-state index >= 15 is 0 Å². The number of rotatable bonds is 2. The van der Waals surface area contributed by atoms with E-state index in [4.69, 9.17) is 11.6 Å². The van der Waals surface area contributed by atoms with E-state index in [-0.39, 0.29) is 0 Å². The number of imidazole rings is 1. The zero-order chi connectivity index (χ0) is 12.5. The number of halogens is 1. The third kappa shape index (κ3) is 1.78. The monoisotopic (exact) mass is 259 g/mol. The maximum Gasteiger partial charge on any atom is 0.157 e. The molecule has 0 amide bonds. The molecule has 6 heteroatoms. The molecule has 18 heavy (non-hydrogen) atoms. The molecule has 0 aliphatic rings. The molecule has 0 fully saturated rings. The third-order valence-electron chi connectivity index (χ3n) is 2.66. The van der Waals surface area contributed by atoms with Gasteiger partial charge in [-0.25, -0.2) is 4.98 Å². The first-order chi connectivity index (χ1) is 8.75. The van der Waals surface area contributed by atoms with Crippen molar-refractivity contribution in [2.45, 2.75) is 6.92 Å². The summed E-state index contributed by atoms with van der Waals surface area (Å²) in [6.07, 6.45) is 3.30. The average Bonchev–Trinajstić information content (AvgIpc) is 2.97. The van der Waals surface area contributed by atoms with Crippen molar-refractivity contribution in [1.29, 1.82) is 0 Å². The largest absolute Gasteiger partial charge is 0.296 e. The quantitative estimate of drug-likeness (QED) is 0.770. The van der Waals surface area contributed by atoms with E-state index in [1.54, 1.807) is 12.5 Å². The molecule has 2 aromatic heterocycles. The van der Waals surface area contributed by atoms with Gasteiger partial charge in [-0.05, 0) is 24.6 Å². The van der Waals surface area contributed by atoms with Crippen LogP contribution in [0.5, 0.6) is 0 Å². The maximum absolute atomic E-state index is 6.11. The van der Waals surface area contributed by atoms with Crippen molar-refractivity contribution in [1.82, 2.24) is 25.0 Å². The molecular weight excluding hydrogens is 250 g/mol. The van der Waals surface area contributed by atoms with Crippen LogP contribution >= 0.6 is 11.6 Å². The second kappa shape index (κ2) is 4.27. The van der Waals surface area contributed by atoms with Gasteiger partial charge in [0.15, 0.2) is 5.15 Å². The van der Waals surface area contributed by atoms with Gasteiger partial charge in [0.05, 0.1) is 6.20 Å². The first-order valence-electron chi connectivity index (χ1n) is 5.42. The molecule has 0 radical (unpaired) electrons. The van der Waals surface area contributed by atoms with Gasteiger partial charge < -0.3 is 0 Å². The molecule has 3 aromatic rings. The van der Waals surface area contributed by atoms with Gasteiger partial charge in [0.1, 0.15) is 17.7 Å². The van der Waals surface area contributed by atoms with Crippen molar-refractivity contribution in [2.75, 3.05) is 0 Å². The molecular formula is C12H10ClN5. The van der Waals surface area contributed by atoms with Crippen LogP contribution in [0.25, 0.3) is 17.1 Å². The van der Waals surface area contributed by atoms with Crippen LogP contribution in [0.2, 0.25) is 5.15 Å². The number of nitrogens with zero attached hydrogens (tertiary/aromatic N) is 4. The number of H-pyrrole nitrogens is 1. The lowest BCUT2D eigenvalue weighted by atomic mass is 10.2. The fourth-order valence-electron chi connectivity index (χ4n) is 1.85. The number of aromatic nitrogens is 5. The summed E-state index contributed by atoms with van der Waals surface area (Å²) in [6.45, 7) is 2.04. The van der Waals surface area contributed by atoms with Crippen molar-refractivity contribution in [3.63, 3.8) is 0 Å². The predicted molar refractivity (Wildman–Crippen MR) is 68.7 cm³/mol. The van der Waals surface area contributed by atoms with Gasteiger partial charge >= 0.3 is 0 Å². The molecule has 0 bridgehead atoms. The predicted octanol–water partition coefficient (Wildman–Crippen LogP) is 2.62. The standard InChI is InChI=1S/C12H10ClN5/c1-8-3-2-4-9(5-8)18-7-14-12(13)11(18)10-6-15-17-16-10/h2-7H,1H3,(H,15,16,17). The molecule has 1 N–H and O–H groups in total. The molecule has 0 spiro atoms. The highest BCUT2D eigenvalue weighted by atomic mass is 35.5. The molecule has 0 aliphatic heterocycles. The minimum Gasteiger partial charge on any atom is -0.296 e. The summed E-state index contributed by atoms with van der Waals surface area (Å²) < 4.78 is 1.90. The lowest BCUT2D eigenvalue weighted by molar-refractivity contribution is 0.938. The SMILES string of the molecule is Cc1cccc(-n2cnc(Cl)c2-c2cn[nH]n2)c1. The number of benzene rings is 1. The molecule has 0 saturated carbocycles. The van der Waals surface area contributed by atoms with E-state index in [1.807, 2.05) is 29.7 Å². The molecule has 1 aromatic carbocycles. The highest BCUT2D eigenvalue weighted by molar-refractivity contribution is 6.31. The third-order valence-corrected chi connectivity index (χ3v) is 2.94. The topological polar surface area (TPSA) is 59.4 Å². The Kier molecular flexibility index (Phi) is 2.60. The Balaban J connectivity index is 2.20. The molecule has 5 nitrogen and oxygen atoms in total. The Labute approximate surface area is 108 Å². The number of aromatic amines is 1. The molecule has 0 aliphatic carbocycles. The van der Waals surface area contributed by atoms with Gasteiger partial charge in [-0.2, -0.15) is 15.4 Å². The van der Waals surface area contributed by atoms with E-state index in [1.165, 1.54) is 5.56 Å². The molecule has 90 valence electrons. The Morgan fingerprint density at radius 1 is 1.33 bits per heavy atom. The fraction of sp³-hybridized carbons (Fsp3) is 0.0833. The summed E-state index contributed by atoms with van der Waals surface area (Å²) in [7, 11) is 0. The summed E-state index contributed by atoms with van der Waals surface area (Å²) in [5, 5.41) is 10.8. The van der Waals surface area contributed by atoms with Crippen LogP contribution in [0.4, 0.5) is 0 Å². The second-order valence-electron chi connectivity index (χ2n) is 3.95. The van der Waals surface area contributed by atoms with Crippen LogP contribution in [0.3, 0.4) is 0 Å². The van der Waals surface area contributed by atoms with Crippen LogP contribution in [-0.2, 0) is 0 Å². The smallest absolute Gasteiger partial charge is 0.157 e. The van der Waals surface area contributed by atoms with Gasteiger partial charge in [0.2, 0.25) is 0 Å². The van der Waals surface area contributed by atoms with E-state index in [0.717, 1.165) is 11.4 Å². The summed E-state index contributed by atoms with van der Waals surface area (Å²) in [5.41, 5.74) is 3.56. The highest BCUT2D eigenvalue weighted by Crippen LogP contribution is 2.27. The van der Waals surface area contributed by atoms with Crippen LogP contribution < -0.4 is 0 Å². The first-order valence-corrected chi connectivity index (χ1v) is 5.79.